The molecule has 2 rings (SSSR count). The van der Waals surface area contributed by atoms with E-state index >= 15 is 0 Å². The van der Waals surface area contributed by atoms with Gasteiger partial charge in [0.2, 0.25) is 5.91 Å². The van der Waals surface area contributed by atoms with Gasteiger partial charge in [-0.1, -0.05) is 43.6 Å². The lowest BCUT2D eigenvalue weighted by atomic mass is 10.0. The minimum atomic E-state index is 0.0938. The number of aromatic nitrogens is 1. The van der Waals surface area contributed by atoms with Crippen molar-refractivity contribution in [1.82, 2.24) is 10.3 Å². The normalized spacial score (nSPS) is 11.0. The van der Waals surface area contributed by atoms with Crippen LogP contribution in [0.5, 0.6) is 0 Å². The third-order valence-electron chi connectivity index (χ3n) is 3.78. The predicted molar refractivity (Wildman–Crippen MR) is 93.2 cm³/mol. The van der Waals surface area contributed by atoms with E-state index in [1.165, 1.54) is 0 Å². The van der Waals surface area contributed by atoms with Crippen LogP contribution in [-0.4, -0.2) is 10.9 Å². The molecule has 0 aliphatic carbocycles. The number of thiazole rings is 1. The van der Waals surface area contributed by atoms with Gasteiger partial charge in [-0.2, -0.15) is 0 Å². The standard InChI is InChI=1S/C17H21ClN2OS/c1-4-12(5-2)16(21)19-10-15-11(3)20-17(22-15)13-8-6-7-9-14(13)18/h6-9,12H,4-5,10H2,1-3H3,(H,19,21). The van der Waals surface area contributed by atoms with Gasteiger partial charge < -0.3 is 5.32 Å². The number of halogens is 1. The highest BCUT2D eigenvalue weighted by Crippen LogP contribution is 2.32. The van der Waals surface area contributed by atoms with Crippen LogP contribution in [0, 0.1) is 12.8 Å². The Morgan fingerprint density at radius 3 is 2.64 bits per heavy atom. The molecule has 0 radical (unpaired) electrons. The van der Waals surface area contributed by atoms with E-state index in [0.717, 1.165) is 34.0 Å². The average molecular weight is 337 g/mol. The molecule has 1 N–H and O–H groups in total. The van der Waals surface area contributed by atoms with Crippen molar-refractivity contribution in [3.8, 4) is 10.6 Å². The zero-order valence-electron chi connectivity index (χ0n) is 13.1. The number of nitrogens with zero attached hydrogens (tertiary/aromatic N) is 1. The van der Waals surface area contributed by atoms with Gasteiger partial charge >= 0.3 is 0 Å². The average Bonchev–Trinajstić information content (AvgIpc) is 2.88. The molecule has 118 valence electrons. The van der Waals surface area contributed by atoms with E-state index in [9.17, 15) is 4.79 Å². The van der Waals surface area contributed by atoms with Crippen molar-refractivity contribution < 1.29 is 4.79 Å². The Morgan fingerprint density at radius 1 is 1.32 bits per heavy atom. The van der Waals surface area contributed by atoms with E-state index in [0.29, 0.717) is 11.6 Å². The number of nitrogens with one attached hydrogen (secondary N) is 1. The summed E-state index contributed by atoms with van der Waals surface area (Å²) in [5, 5.41) is 4.62. The second kappa shape index (κ2) is 7.75. The van der Waals surface area contributed by atoms with Gasteiger partial charge in [0, 0.05) is 16.4 Å². The molecule has 0 bridgehead atoms. The Hall–Kier alpha value is -1.39. The van der Waals surface area contributed by atoms with E-state index in [1.807, 2.05) is 45.0 Å². The van der Waals surface area contributed by atoms with Gasteiger partial charge in [-0.05, 0) is 25.8 Å². The van der Waals surface area contributed by atoms with Gasteiger partial charge in [0.25, 0.3) is 0 Å². The molecule has 1 aromatic carbocycles. The summed E-state index contributed by atoms with van der Waals surface area (Å²) in [6.07, 6.45) is 1.74. The van der Waals surface area contributed by atoms with Crippen molar-refractivity contribution in [2.24, 2.45) is 5.92 Å². The molecule has 0 fully saturated rings. The molecule has 0 saturated carbocycles. The topological polar surface area (TPSA) is 42.0 Å². The lowest BCUT2D eigenvalue weighted by Gasteiger charge is -2.12. The molecule has 3 nitrogen and oxygen atoms in total. The Bertz CT molecular complexity index is 650. The van der Waals surface area contributed by atoms with Crippen LogP contribution >= 0.6 is 22.9 Å². The molecule has 22 heavy (non-hydrogen) atoms. The summed E-state index contributed by atoms with van der Waals surface area (Å²) in [5.74, 6) is 0.216. The fourth-order valence-corrected chi connectivity index (χ4v) is 3.64. The van der Waals surface area contributed by atoms with E-state index in [-0.39, 0.29) is 11.8 Å². The summed E-state index contributed by atoms with van der Waals surface area (Å²) in [4.78, 5) is 17.7. The van der Waals surface area contributed by atoms with Crippen LogP contribution in [0.15, 0.2) is 24.3 Å². The number of carbonyl (C=O) groups excluding carboxylic acids is 1. The van der Waals surface area contributed by atoms with Crippen LogP contribution in [0.1, 0.15) is 37.3 Å². The summed E-state index contributed by atoms with van der Waals surface area (Å²) in [6, 6.07) is 7.69. The summed E-state index contributed by atoms with van der Waals surface area (Å²) in [5.41, 5.74) is 1.89. The highest BCUT2D eigenvalue weighted by molar-refractivity contribution is 7.15. The second-order valence-electron chi connectivity index (χ2n) is 5.24. The molecule has 1 heterocycles. The first-order valence-electron chi connectivity index (χ1n) is 7.55. The molecule has 0 spiro atoms. The van der Waals surface area contributed by atoms with Crippen LogP contribution in [-0.2, 0) is 11.3 Å². The molecule has 0 aliphatic heterocycles. The minimum Gasteiger partial charge on any atom is -0.351 e. The number of benzene rings is 1. The summed E-state index contributed by atoms with van der Waals surface area (Å²) < 4.78 is 0. The Morgan fingerprint density at radius 2 is 2.00 bits per heavy atom. The number of hydrogen-bond acceptors (Lipinski definition) is 3. The number of carbonyl (C=O) groups is 1. The molecule has 0 saturated heterocycles. The van der Waals surface area contributed by atoms with Crippen molar-refractivity contribution in [2.75, 3.05) is 0 Å². The second-order valence-corrected chi connectivity index (χ2v) is 6.73. The highest BCUT2D eigenvalue weighted by Gasteiger charge is 2.16. The monoisotopic (exact) mass is 336 g/mol. The predicted octanol–water partition coefficient (Wildman–Crippen LogP) is 4.82. The van der Waals surface area contributed by atoms with Crippen LogP contribution in [0.25, 0.3) is 10.6 Å². The maximum absolute atomic E-state index is 12.1. The minimum absolute atomic E-state index is 0.0938. The lowest BCUT2D eigenvalue weighted by Crippen LogP contribution is -2.29. The number of rotatable bonds is 6. The first-order chi connectivity index (χ1) is 10.6. The maximum atomic E-state index is 12.1. The summed E-state index contributed by atoms with van der Waals surface area (Å²) >= 11 is 7.81. The Kier molecular flexibility index (Phi) is 5.98. The SMILES string of the molecule is CCC(CC)C(=O)NCc1sc(-c2ccccc2Cl)nc1C. The van der Waals surface area contributed by atoms with E-state index in [2.05, 4.69) is 10.3 Å². The fraction of sp³-hybridized carbons (Fsp3) is 0.412. The molecule has 1 aromatic heterocycles. The lowest BCUT2D eigenvalue weighted by molar-refractivity contribution is -0.125. The Labute approximate surface area is 140 Å². The first-order valence-corrected chi connectivity index (χ1v) is 8.75. The van der Waals surface area contributed by atoms with Crippen LogP contribution in [0.3, 0.4) is 0 Å². The van der Waals surface area contributed by atoms with Gasteiger partial charge in [0.15, 0.2) is 0 Å². The molecule has 1 amide bonds. The fourth-order valence-electron chi connectivity index (χ4n) is 2.31. The van der Waals surface area contributed by atoms with Gasteiger partial charge in [0.1, 0.15) is 5.01 Å². The Balaban J connectivity index is 2.11. The van der Waals surface area contributed by atoms with Crippen molar-refractivity contribution >= 4 is 28.8 Å². The van der Waals surface area contributed by atoms with Crippen molar-refractivity contribution in [3.05, 3.63) is 39.9 Å². The van der Waals surface area contributed by atoms with Gasteiger partial charge in [-0.15, -0.1) is 11.3 Å². The molecule has 0 aliphatic rings. The molecular formula is C17H21ClN2OS. The zero-order valence-corrected chi connectivity index (χ0v) is 14.7. The molecule has 5 heteroatoms. The van der Waals surface area contributed by atoms with Crippen molar-refractivity contribution in [2.45, 2.75) is 40.2 Å². The van der Waals surface area contributed by atoms with Crippen LogP contribution < -0.4 is 5.32 Å². The van der Waals surface area contributed by atoms with E-state index < -0.39 is 0 Å². The number of aryl methyl sites for hydroxylation is 1. The highest BCUT2D eigenvalue weighted by atomic mass is 35.5. The summed E-state index contributed by atoms with van der Waals surface area (Å²) in [6.45, 7) is 6.58. The van der Waals surface area contributed by atoms with Crippen molar-refractivity contribution in [1.29, 1.82) is 0 Å². The summed E-state index contributed by atoms with van der Waals surface area (Å²) in [7, 11) is 0. The van der Waals surface area contributed by atoms with Gasteiger partial charge in [0.05, 0.1) is 17.3 Å². The van der Waals surface area contributed by atoms with Crippen molar-refractivity contribution in [3.63, 3.8) is 0 Å². The van der Waals surface area contributed by atoms with E-state index in [1.54, 1.807) is 11.3 Å². The third kappa shape index (κ3) is 3.87. The van der Waals surface area contributed by atoms with Crippen LogP contribution in [0.2, 0.25) is 5.02 Å². The first kappa shape index (κ1) is 17.0. The van der Waals surface area contributed by atoms with Crippen LogP contribution in [0.4, 0.5) is 0 Å². The quantitative estimate of drug-likeness (QED) is 0.821. The molecule has 0 unspecified atom stereocenters. The largest absolute Gasteiger partial charge is 0.351 e. The zero-order chi connectivity index (χ0) is 16.1. The molecule has 0 atom stereocenters. The molecular weight excluding hydrogens is 316 g/mol. The van der Waals surface area contributed by atoms with Gasteiger partial charge in [-0.3, -0.25) is 4.79 Å². The molecule has 2 aromatic rings. The smallest absolute Gasteiger partial charge is 0.223 e. The number of hydrogen-bond donors (Lipinski definition) is 1. The van der Waals surface area contributed by atoms with E-state index in [4.69, 9.17) is 11.6 Å². The third-order valence-corrected chi connectivity index (χ3v) is 5.30. The number of amides is 1. The maximum Gasteiger partial charge on any atom is 0.223 e. The van der Waals surface area contributed by atoms with Gasteiger partial charge in [-0.25, -0.2) is 4.98 Å².